The van der Waals surface area contributed by atoms with Gasteiger partial charge in [0.25, 0.3) is 0 Å². The van der Waals surface area contributed by atoms with E-state index in [1.54, 1.807) is 26.0 Å². The number of carbonyl (C=O) groups is 1. The summed E-state index contributed by atoms with van der Waals surface area (Å²) in [4.78, 5) is 13.7. The van der Waals surface area contributed by atoms with Crippen LogP contribution in [0.4, 0.5) is 5.69 Å². The Kier molecular flexibility index (Phi) is 10.4. The smallest absolute Gasteiger partial charge is 0.243 e. The Labute approximate surface area is 139 Å². The molecule has 122 valence electrons. The van der Waals surface area contributed by atoms with Gasteiger partial charge in [0.15, 0.2) is 0 Å². The Bertz CT molecular complexity index is 417. The topological polar surface area (TPSA) is 67.6 Å². The number of nitrogens with one attached hydrogen (secondary N) is 1. The van der Waals surface area contributed by atoms with Crippen LogP contribution in [0.3, 0.4) is 0 Å². The first-order chi connectivity index (χ1) is 8.79. The highest BCUT2D eigenvalue weighted by molar-refractivity contribution is 5.97. The van der Waals surface area contributed by atoms with E-state index < -0.39 is 5.54 Å². The first-order valence-electron chi connectivity index (χ1n) is 6.27. The minimum absolute atomic E-state index is 0. The largest absolute Gasteiger partial charge is 0.492 e. The number of nitrogens with zero attached hydrogens (tertiary/aromatic N) is 1. The third-order valence-electron chi connectivity index (χ3n) is 2.50. The maximum atomic E-state index is 11.7. The summed E-state index contributed by atoms with van der Waals surface area (Å²) in [5.74, 6) is 0.570. The highest BCUT2D eigenvalue weighted by Gasteiger charge is 2.21. The van der Waals surface area contributed by atoms with Gasteiger partial charge in [-0.25, -0.2) is 0 Å². The van der Waals surface area contributed by atoms with Gasteiger partial charge >= 0.3 is 0 Å². The fraction of sp³-hybridized carbons (Fsp3) is 0.500. The Hall–Kier alpha value is -1.01. The summed E-state index contributed by atoms with van der Waals surface area (Å²) in [6.45, 7) is 4.83. The summed E-state index contributed by atoms with van der Waals surface area (Å²) in [5, 5.41) is 2.76. The van der Waals surface area contributed by atoms with Gasteiger partial charge in [-0.1, -0.05) is 0 Å². The number of amides is 1. The van der Waals surface area contributed by atoms with Crippen molar-refractivity contribution in [2.45, 2.75) is 19.4 Å². The van der Waals surface area contributed by atoms with Crippen LogP contribution in [0.5, 0.6) is 5.75 Å². The van der Waals surface area contributed by atoms with Crippen molar-refractivity contribution in [3.63, 3.8) is 0 Å². The second kappa shape index (κ2) is 9.84. The van der Waals surface area contributed by atoms with Gasteiger partial charge in [0, 0.05) is 12.2 Å². The number of anilines is 1. The molecule has 0 saturated heterocycles. The predicted octanol–water partition coefficient (Wildman–Crippen LogP) is 2.15. The van der Waals surface area contributed by atoms with E-state index in [0.29, 0.717) is 12.3 Å². The first kappa shape index (κ1) is 22.3. The lowest BCUT2D eigenvalue weighted by Gasteiger charge is -2.18. The second-order valence-electron chi connectivity index (χ2n) is 5.35. The summed E-state index contributed by atoms with van der Waals surface area (Å²) in [6.07, 6.45) is 0. The van der Waals surface area contributed by atoms with Gasteiger partial charge in [-0.05, 0) is 52.2 Å². The van der Waals surface area contributed by atoms with Crippen LogP contribution < -0.4 is 15.8 Å². The number of carbonyl (C=O) groups excluding carboxylic acids is 1. The molecule has 5 nitrogen and oxygen atoms in total. The van der Waals surface area contributed by atoms with Crippen molar-refractivity contribution in [3.05, 3.63) is 24.3 Å². The lowest BCUT2D eigenvalue weighted by atomic mass is 10.1. The molecule has 0 aliphatic rings. The maximum absolute atomic E-state index is 11.7. The number of benzene rings is 1. The molecule has 0 aliphatic carbocycles. The highest BCUT2D eigenvalue weighted by atomic mass is 35.5. The maximum Gasteiger partial charge on any atom is 0.243 e. The predicted molar refractivity (Wildman–Crippen MR) is 91.9 cm³/mol. The number of halogens is 2. The molecule has 1 aromatic rings. The van der Waals surface area contributed by atoms with Crippen LogP contribution in [0, 0.1) is 0 Å². The molecule has 0 spiro atoms. The van der Waals surface area contributed by atoms with Gasteiger partial charge < -0.3 is 20.7 Å². The summed E-state index contributed by atoms with van der Waals surface area (Å²) < 4.78 is 5.56. The molecule has 3 N–H and O–H groups in total. The quantitative estimate of drug-likeness (QED) is 0.834. The van der Waals surface area contributed by atoms with E-state index in [4.69, 9.17) is 10.5 Å². The van der Waals surface area contributed by atoms with Gasteiger partial charge in [0.2, 0.25) is 5.91 Å². The zero-order valence-electron chi connectivity index (χ0n) is 12.9. The molecule has 0 aliphatic heterocycles. The molecule has 1 amide bonds. The average Bonchev–Trinajstić information content (AvgIpc) is 2.29. The highest BCUT2D eigenvalue weighted by Crippen LogP contribution is 2.16. The van der Waals surface area contributed by atoms with Gasteiger partial charge in [-0.15, -0.1) is 24.8 Å². The van der Waals surface area contributed by atoms with Crippen LogP contribution in [0.2, 0.25) is 0 Å². The third kappa shape index (κ3) is 8.78. The van der Waals surface area contributed by atoms with E-state index in [-0.39, 0.29) is 30.7 Å². The molecule has 1 rings (SSSR count). The number of hydrogen-bond acceptors (Lipinski definition) is 4. The van der Waals surface area contributed by atoms with Crippen molar-refractivity contribution in [1.29, 1.82) is 0 Å². The molecule has 0 unspecified atom stereocenters. The molecule has 0 aromatic heterocycles. The van der Waals surface area contributed by atoms with Gasteiger partial charge in [0.1, 0.15) is 12.4 Å². The molecule has 0 fully saturated rings. The molecule has 0 heterocycles. The number of rotatable bonds is 6. The van der Waals surface area contributed by atoms with E-state index >= 15 is 0 Å². The van der Waals surface area contributed by atoms with Gasteiger partial charge in [-0.3, -0.25) is 4.79 Å². The van der Waals surface area contributed by atoms with Crippen LogP contribution in [0.1, 0.15) is 13.8 Å². The zero-order chi connectivity index (χ0) is 14.5. The lowest BCUT2D eigenvalue weighted by molar-refractivity contribution is -0.120. The molecule has 1 aromatic carbocycles. The number of hydrogen-bond donors (Lipinski definition) is 2. The van der Waals surface area contributed by atoms with Crippen molar-refractivity contribution in [1.82, 2.24) is 4.90 Å². The van der Waals surface area contributed by atoms with Crippen molar-refractivity contribution < 1.29 is 9.53 Å². The van der Waals surface area contributed by atoms with Crippen LogP contribution in [-0.4, -0.2) is 43.6 Å². The fourth-order valence-corrected chi connectivity index (χ4v) is 1.27. The molecule has 0 atom stereocenters. The molecule has 0 radical (unpaired) electrons. The Morgan fingerprint density at radius 3 is 2.19 bits per heavy atom. The molecule has 21 heavy (non-hydrogen) atoms. The Morgan fingerprint density at radius 1 is 1.24 bits per heavy atom. The van der Waals surface area contributed by atoms with Crippen LogP contribution in [0.25, 0.3) is 0 Å². The number of likely N-dealkylation sites (N-methyl/N-ethyl adjacent to an activating group) is 1. The summed E-state index contributed by atoms with van der Waals surface area (Å²) >= 11 is 0. The van der Waals surface area contributed by atoms with Gasteiger partial charge in [-0.2, -0.15) is 0 Å². The second-order valence-corrected chi connectivity index (χ2v) is 5.35. The Balaban J connectivity index is 0. The molecular weight excluding hydrogens is 313 g/mol. The standard InChI is InChI=1S/C14H23N3O2.2ClH/c1-14(2,15)13(18)16-11-5-7-12(8-6-11)19-10-9-17(3)4;;/h5-8H,9-10,15H2,1-4H3,(H,16,18);2*1H. The summed E-state index contributed by atoms with van der Waals surface area (Å²) in [5.41, 5.74) is 5.53. The third-order valence-corrected chi connectivity index (χ3v) is 2.50. The van der Waals surface area contributed by atoms with E-state index in [0.717, 1.165) is 12.3 Å². The van der Waals surface area contributed by atoms with Crippen LogP contribution in [-0.2, 0) is 4.79 Å². The van der Waals surface area contributed by atoms with Crippen LogP contribution in [0.15, 0.2) is 24.3 Å². The minimum Gasteiger partial charge on any atom is -0.492 e. The SMILES string of the molecule is CN(C)CCOc1ccc(NC(=O)C(C)(C)N)cc1.Cl.Cl. The van der Waals surface area contributed by atoms with E-state index in [2.05, 4.69) is 10.2 Å². The number of ether oxygens (including phenoxy) is 1. The van der Waals surface area contributed by atoms with Crippen LogP contribution >= 0.6 is 24.8 Å². The van der Waals surface area contributed by atoms with Crippen molar-refractivity contribution in [2.24, 2.45) is 5.73 Å². The minimum atomic E-state index is -0.888. The van der Waals surface area contributed by atoms with Crippen molar-refractivity contribution in [3.8, 4) is 5.75 Å². The number of nitrogens with two attached hydrogens (primary N) is 1. The zero-order valence-corrected chi connectivity index (χ0v) is 14.5. The Morgan fingerprint density at radius 2 is 1.76 bits per heavy atom. The normalized spacial score (nSPS) is 10.4. The molecule has 7 heteroatoms. The molecule has 0 saturated carbocycles. The van der Waals surface area contributed by atoms with Crippen molar-refractivity contribution in [2.75, 3.05) is 32.6 Å². The molecule has 0 bridgehead atoms. The fourth-order valence-electron chi connectivity index (χ4n) is 1.27. The van der Waals surface area contributed by atoms with E-state index in [9.17, 15) is 4.79 Å². The summed E-state index contributed by atoms with van der Waals surface area (Å²) in [7, 11) is 3.99. The lowest BCUT2D eigenvalue weighted by Crippen LogP contribution is -2.45. The van der Waals surface area contributed by atoms with E-state index in [1.807, 2.05) is 26.2 Å². The molecular formula is C14H25Cl2N3O2. The van der Waals surface area contributed by atoms with Crippen molar-refractivity contribution >= 4 is 36.4 Å². The monoisotopic (exact) mass is 337 g/mol. The van der Waals surface area contributed by atoms with E-state index in [1.165, 1.54) is 0 Å². The van der Waals surface area contributed by atoms with Gasteiger partial charge in [0.05, 0.1) is 5.54 Å². The average molecular weight is 338 g/mol. The first-order valence-corrected chi connectivity index (χ1v) is 6.27. The summed E-state index contributed by atoms with van der Waals surface area (Å²) in [6, 6.07) is 7.26.